The predicted molar refractivity (Wildman–Crippen MR) is 139 cm³/mol. The number of amides is 1. The molecule has 1 aromatic heterocycles. The fourth-order valence-corrected chi connectivity index (χ4v) is 4.23. The van der Waals surface area contributed by atoms with Gasteiger partial charge in [0.25, 0.3) is 5.56 Å². The van der Waals surface area contributed by atoms with Crippen LogP contribution in [0.15, 0.2) is 53.3 Å². The van der Waals surface area contributed by atoms with E-state index in [1.807, 2.05) is 38.1 Å². The third kappa shape index (κ3) is 5.17. The lowest BCUT2D eigenvalue weighted by molar-refractivity contribution is 0.1000. The molecule has 4 rings (SSSR count). The highest BCUT2D eigenvalue weighted by atomic mass is 16.5. The summed E-state index contributed by atoms with van der Waals surface area (Å²) in [6, 6.07) is 14.6. The van der Waals surface area contributed by atoms with Crippen molar-refractivity contribution in [3.63, 3.8) is 0 Å². The summed E-state index contributed by atoms with van der Waals surface area (Å²) in [5.41, 5.74) is 9.79. The third-order valence-electron chi connectivity index (χ3n) is 6.03. The van der Waals surface area contributed by atoms with Gasteiger partial charge in [-0.3, -0.25) is 9.59 Å². The highest BCUT2D eigenvalue weighted by Crippen LogP contribution is 2.31. The first-order chi connectivity index (χ1) is 17.3. The Hall–Kier alpha value is -4.33. The van der Waals surface area contributed by atoms with E-state index in [0.29, 0.717) is 40.4 Å². The van der Waals surface area contributed by atoms with Crippen LogP contribution in [-0.4, -0.2) is 36.7 Å². The number of fused-ring (bicyclic) bond motifs is 1. The van der Waals surface area contributed by atoms with E-state index in [1.54, 1.807) is 31.4 Å². The number of rotatable bonds is 9. The summed E-state index contributed by atoms with van der Waals surface area (Å²) in [4.78, 5) is 31.6. The van der Waals surface area contributed by atoms with E-state index >= 15 is 0 Å². The molecule has 0 unspecified atom stereocenters. The van der Waals surface area contributed by atoms with Crippen molar-refractivity contribution < 1.29 is 19.0 Å². The van der Waals surface area contributed by atoms with Crippen LogP contribution < -0.4 is 25.5 Å². The van der Waals surface area contributed by atoms with Crippen LogP contribution in [-0.2, 0) is 6.42 Å². The lowest BCUT2D eigenvalue weighted by atomic mass is 10.0. The minimum Gasteiger partial charge on any atom is -0.497 e. The molecule has 186 valence electrons. The van der Waals surface area contributed by atoms with Crippen LogP contribution >= 0.6 is 0 Å². The summed E-state index contributed by atoms with van der Waals surface area (Å²) in [7, 11) is 3.06. The SMILES string of the molecule is COc1cc(OC)c2c(=O)[nH]c(-c3cc(C)c(OCCCc4ccc(C(N)=O)cc4)c(C)c3)nc2c1. The molecular formula is C28H29N3O5. The largest absolute Gasteiger partial charge is 0.497 e. The summed E-state index contributed by atoms with van der Waals surface area (Å²) in [6.45, 7) is 4.49. The molecule has 0 saturated heterocycles. The van der Waals surface area contributed by atoms with Crippen molar-refractivity contribution in [2.45, 2.75) is 26.7 Å². The Bertz CT molecular complexity index is 1450. The average Bonchev–Trinajstić information content (AvgIpc) is 2.86. The number of carbonyl (C=O) groups excluding carboxylic acids is 1. The van der Waals surface area contributed by atoms with Gasteiger partial charge in [-0.15, -0.1) is 0 Å². The number of nitrogens with two attached hydrogens (primary N) is 1. The molecule has 3 N–H and O–H groups in total. The molecule has 0 aliphatic rings. The predicted octanol–water partition coefficient (Wildman–Crippen LogP) is 4.33. The van der Waals surface area contributed by atoms with Gasteiger partial charge in [-0.1, -0.05) is 12.1 Å². The number of methoxy groups -OCH3 is 2. The summed E-state index contributed by atoms with van der Waals surface area (Å²) >= 11 is 0. The maximum atomic E-state index is 12.9. The fourth-order valence-electron chi connectivity index (χ4n) is 4.23. The highest BCUT2D eigenvalue weighted by Gasteiger charge is 2.15. The average molecular weight is 488 g/mol. The van der Waals surface area contributed by atoms with E-state index in [-0.39, 0.29) is 5.56 Å². The minimum absolute atomic E-state index is 0.283. The van der Waals surface area contributed by atoms with Crippen molar-refractivity contribution in [3.05, 3.63) is 81.1 Å². The van der Waals surface area contributed by atoms with E-state index in [1.165, 1.54) is 7.11 Å². The molecule has 0 spiro atoms. The molecule has 0 atom stereocenters. The number of ether oxygens (including phenoxy) is 3. The van der Waals surface area contributed by atoms with Gasteiger partial charge < -0.3 is 24.9 Å². The molecule has 36 heavy (non-hydrogen) atoms. The zero-order valence-electron chi connectivity index (χ0n) is 20.8. The Morgan fingerprint density at radius 2 is 1.69 bits per heavy atom. The number of aromatic amines is 1. The zero-order chi connectivity index (χ0) is 25.8. The van der Waals surface area contributed by atoms with E-state index < -0.39 is 5.91 Å². The Kier molecular flexibility index (Phi) is 7.24. The van der Waals surface area contributed by atoms with Crippen LogP contribution in [0.3, 0.4) is 0 Å². The van der Waals surface area contributed by atoms with Gasteiger partial charge in [-0.05, 0) is 67.6 Å². The number of aromatic nitrogens is 2. The van der Waals surface area contributed by atoms with Crippen LogP contribution in [0.25, 0.3) is 22.3 Å². The lowest BCUT2D eigenvalue weighted by Crippen LogP contribution is -2.11. The molecule has 0 bridgehead atoms. The second kappa shape index (κ2) is 10.5. The van der Waals surface area contributed by atoms with Gasteiger partial charge in [0.15, 0.2) is 0 Å². The van der Waals surface area contributed by atoms with E-state index in [4.69, 9.17) is 19.9 Å². The second-order valence-electron chi connectivity index (χ2n) is 8.59. The number of H-pyrrole nitrogens is 1. The van der Waals surface area contributed by atoms with Crippen molar-refractivity contribution in [2.75, 3.05) is 20.8 Å². The van der Waals surface area contributed by atoms with Crippen molar-refractivity contribution in [2.24, 2.45) is 5.73 Å². The molecule has 0 aliphatic heterocycles. The maximum absolute atomic E-state index is 12.9. The van der Waals surface area contributed by atoms with Crippen LogP contribution in [0.4, 0.5) is 0 Å². The quantitative estimate of drug-likeness (QED) is 0.339. The van der Waals surface area contributed by atoms with Crippen LogP contribution in [0, 0.1) is 13.8 Å². The topological polar surface area (TPSA) is 117 Å². The van der Waals surface area contributed by atoms with Crippen molar-refractivity contribution in [3.8, 4) is 28.6 Å². The van der Waals surface area contributed by atoms with Gasteiger partial charge in [-0.25, -0.2) is 4.98 Å². The molecule has 0 radical (unpaired) electrons. The third-order valence-corrected chi connectivity index (χ3v) is 6.03. The van der Waals surface area contributed by atoms with Gasteiger partial charge in [0, 0.05) is 23.3 Å². The Morgan fingerprint density at radius 1 is 1.00 bits per heavy atom. The number of hydrogen-bond donors (Lipinski definition) is 2. The maximum Gasteiger partial charge on any atom is 0.262 e. The van der Waals surface area contributed by atoms with E-state index in [2.05, 4.69) is 9.97 Å². The molecular weight excluding hydrogens is 458 g/mol. The van der Waals surface area contributed by atoms with Gasteiger partial charge in [0.2, 0.25) is 5.91 Å². The second-order valence-corrected chi connectivity index (χ2v) is 8.59. The Labute approximate surface area is 209 Å². The smallest absolute Gasteiger partial charge is 0.262 e. The van der Waals surface area contributed by atoms with E-state index in [9.17, 15) is 9.59 Å². The first-order valence-corrected chi connectivity index (χ1v) is 11.6. The number of carbonyl (C=O) groups is 1. The zero-order valence-corrected chi connectivity index (χ0v) is 20.8. The molecule has 1 amide bonds. The van der Waals surface area contributed by atoms with Gasteiger partial charge >= 0.3 is 0 Å². The first-order valence-electron chi connectivity index (χ1n) is 11.6. The van der Waals surface area contributed by atoms with Crippen molar-refractivity contribution in [1.82, 2.24) is 9.97 Å². The summed E-state index contributed by atoms with van der Waals surface area (Å²) in [5, 5.41) is 0.375. The van der Waals surface area contributed by atoms with E-state index in [0.717, 1.165) is 40.8 Å². The number of hydrogen-bond acceptors (Lipinski definition) is 6. The van der Waals surface area contributed by atoms with Crippen molar-refractivity contribution >= 4 is 16.8 Å². The van der Waals surface area contributed by atoms with Crippen LogP contribution in [0.5, 0.6) is 17.2 Å². The summed E-state index contributed by atoms with van der Waals surface area (Å²) in [6.07, 6.45) is 1.64. The molecule has 8 nitrogen and oxygen atoms in total. The molecule has 0 saturated carbocycles. The molecule has 4 aromatic rings. The number of nitrogens with zero attached hydrogens (tertiary/aromatic N) is 1. The normalized spacial score (nSPS) is 10.9. The Morgan fingerprint density at radius 3 is 2.31 bits per heavy atom. The summed E-state index contributed by atoms with van der Waals surface area (Å²) < 4.78 is 16.8. The minimum atomic E-state index is -0.429. The fraction of sp³-hybridized carbons (Fsp3) is 0.250. The molecule has 1 heterocycles. The molecule has 8 heteroatoms. The Balaban J connectivity index is 1.51. The molecule has 0 aliphatic carbocycles. The first kappa shape index (κ1) is 24.8. The van der Waals surface area contributed by atoms with Gasteiger partial charge in [-0.2, -0.15) is 0 Å². The number of benzene rings is 3. The molecule has 3 aromatic carbocycles. The highest BCUT2D eigenvalue weighted by molar-refractivity contribution is 5.92. The standard InChI is InChI=1S/C28H29N3O5/c1-16-12-20(27-30-22-14-21(34-3)15-23(35-4)24(22)28(33)31-27)13-17(2)25(16)36-11-5-6-18-7-9-19(10-8-18)26(29)32/h7-10,12-15H,5-6,11H2,1-4H3,(H2,29,32)(H,30,31,33). The lowest BCUT2D eigenvalue weighted by Gasteiger charge is -2.15. The number of aryl methyl sites for hydroxylation is 3. The number of nitrogens with one attached hydrogen (secondary N) is 1. The number of primary amides is 1. The van der Waals surface area contributed by atoms with Crippen LogP contribution in [0.2, 0.25) is 0 Å². The van der Waals surface area contributed by atoms with Crippen LogP contribution in [0.1, 0.15) is 33.5 Å². The van der Waals surface area contributed by atoms with Gasteiger partial charge in [0.05, 0.1) is 26.3 Å². The van der Waals surface area contributed by atoms with Gasteiger partial charge in [0.1, 0.15) is 28.5 Å². The monoisotopic (exact) mass is 487 g/mol. The van der Waals surface area contributed by atoms with Crippen molar-refractivity contribution in [1.29, 1.82) is 0 Å². The molecule has 0 fully saturated rings. The summed E-state index contributed by atoms with van der Waals surface area (Å²) in [5.74, 6) is 1.81.